The lowest BCUT2D eigenvalue weighted by atomic mass is 10.1. The summed E-state index contributed by atoms with van der Waals surface area (Å²) in [4.78, 5) is 24.2. The van der Waals surface area contributed by atoms with Crippen LogP contribution in [0.2, 0.25) is 0 Å². The van der Waals surface area contributed by atoms with Crippen molar-refractivity contribution in [2.24, 2.45) is 0 Å². The van der Waals surface area contributed by atoms with Gasteiger partial charge in [-0.3, -0.25) is 9.59 Å². The smallest absolute Gasteiger partial charge is 0.310 e. The number of ether oxygens (including phenoxy) is 1. The Morgan fingerprint density at radius 2 is 1.74 bits per heavy atom. The van der Waals surface area contributed by atoms with E-state index in [4.69, 9.17) is 4.74 Å². The van der Waals surface area contributed by atoms with Crippen LogP contribution in [-0.4, -0.2) is 28.1 Å². The summed E-state index contributed by atoms with van der Waals surface area (Å²) in [5, 5.41) is 4.25. The van der Waals surface area contributed by atoms with E-state index >= 15 is 0 Å². The molecule has 0 bridgehead atoms. The summed E-state index contributed by atoms with van der Waals surface area (Å²) in [6.45, 7) is 1.86. The summed E-state index contributed by atoms with van der Waals surface area (Å²) in [6, 6.07) is 17.1. The fourth-order valence-electron chi connectivity index (χ4n) is 2.77. The van der Waals surface area contributed by atoms with Crippen molar-refractivity contribution in [1.29, 1.82) is 0 Å². The zero-order valence-electron chi connectivity index (χ0n) is 15.3. The summed E-state index contributed by atoms with van der Waals surface area (Å²) in [5.74, 6) is -0.648. The summed E-state index contributed by atoms with van der Waals surface area (Å²) in [7, 11) is 0. The lowest BCUT2D eigenvalue weighted by molar-refractivity contribution is -0.141. The average molecular weight is 362 g/mol. The number of esters is 1. The monoisotopic (exact) mass is 362 g/mol. The number of carbonyl (C=O) groups excluding carboxylic acids is 2. The van der Waals surface area contributed by atoms with Gasteiger partial charge >= 0.3 is 5.97 Å². The zero-order chi connectivity index (χ0) is 19.1. The quantitative estimate of drug-likeness (QED) is 0.452. The van der Waals surface area contributed by atoms with E-state index in [1.807, 2.05) is 42.5 Å². The van der Waals surface area contributed by atoms with Crippen LogP contribution in [0.3, 0.4) is 0 Å². The Balaban J connectivity index is 1.51. The molecule has 3 aromatic rings. The van der Waals surface area contributed by atoms with Gasteiger partial charge in [0.05, 0.1) is 18.3 Å². The van der Waals surface area contributed by atoms with Crippen molar-refractivity contribution >= 4 is 11.8 Å². The number of nitrogens with zero attached hydrogens (tertiary/aromatic N) is 2. The number of hydrogen-bond acceptors (Lipinski definition) is 4. The molecule has 0 N–H and O–H groups in total. The first-order valence-corrected chi connectivity index (χ1v) is 9.02. The number of hydrogen-bond donors (Lipinski definition) is 0. The molecule has 0 radical (unpaired) electrons. The van der Waals surface area contributed by atoms with E-state index in [0.717, 1.165) is 24.1 Å². The predicted molar refractivity (Wildman–Crippen MR) is 103 cm³/mol. The number of aryl methyl sites for hydroxylation is 1. The molecule has 3 rings (SSSR count). The number of Topliss-reactive ketones (excluding diaryl/α,β-unsaturated/α-hetero) is 1. The molecule has 2 aromatic carbocycles. The third-order valence-electron chi connectivity index (χ3n) is 4.18. The van der Waals surface area contributed by atoms with Crippen LogP contribution in [0.1, 0.15) is 34.8 Å². The van der Waals surface area contributed by atoms with Crippen molar-refractivity contribution in [1.82, 2.24) is 9.78 Å². The van der Waals surface area contributed by atoms with Crippen molar-refractivity contribution in [3.05, 3.63) is 83.7 Å². The maximum absolute atomic E-state index is 12.2. The molecular weight excluding hydrogens is 340 g/mol. The van der Waals surface area contributed by atoms with Crippen LogP contribution < -0.4 is 0 Å². The molecule has 1 heterocycles. The number of carbonyl (C=O) groups is 2. The standard InChI is InChI=1S/C22H22N2O3/c1-2-6-17-9-11-19(12-10-17)21(25)16-27-22(26)13-18-14-23-24(15-18)20-7-4-3-5-8-20/h3-5,7-12,14-15H,2,6,13,16H2,1H3. The predicted octanol–water partition coefficient (Wildman–Crippen LogP) is 3.79. The minimum atomic E-state index is -0.446. The van der Waals surface area contributed by atoms with Crippen LogP contribution in [0.25, 0.3) is 5.69 Å². The molecule has 138 valence electrons. The maximum atomic E-state index is 12.2. The molecule has 0 atom stereocenters. The SMILES string of the molecule is CCCc1ccc(C(=O)COC(=O)Cc2cnn(-c3ccccc3)c2)cc1. The van der Waals surface area contributed by atoms with E-state index < -0.39 is 5.97 Å². The minimum absolute atomic E-state index is 0.0789. The molecule has 0 saturated heterocycles. The number of rotatable bonds is 8. The fourth-order valence-corrected chi connectivity index (χ4v) is 2.77. The fraction of sp³-hybridized carbons (Fsp3) is 0.227. The molecule has 0 aliphatic rings. The van der Waals surface area contributed by atoms with Gasteiger partial charge in [0.25, 0.3) is 0 Å². The molecule has 0 aliphatic heterocycles. The van der Waals surface area contributed by atoms with E-state index in [1.165, 1.54) is 5.56 Å². The molecule has 0 fully saturated rings. The number of para-hydroxylation sites is 1. The number of aromatic nitrogens is 2. The highest BCUT2D eigenvalue weighted by Crippen LogP contribution is 2.10. The van der Waals surface area contributed by atoms with Crippen molar-refractivity contribution in [3.8, 4) is 5.69 Å². The first kappa shape index (κ1) is 18.6. The Labute approximate surface area is 158 Å². The Morgan fingerprint density at radius 3 is 2.44 bits per heavy atom. The van der Waals surface area contributed by atoms with Gasteiger partial charge in [-0.25, -0.2) is 4.68 Å². The van der Waals surface area contributed by atoms with E-state index in [2.05, 4.69) is 12.0 Å². The van der Waals surface area contributed by atoms with Gasteiger partial charge in [-0.05, 0) is 24.1 Å². The van der Waals surface area contributed by atoms with Crippen LogP contribution in [0.15, 0.2) is 67.0 Å². The highest BCUT2D eigenvalue weighted by molar-refractivity contribution is 5.98. The van der Waals surface area contributed by atoms with Gasteiger partial charge in [0, 0.05) is 17.3 Å². The molecule has 0 amide bonds. The van der Waals surface area contributed by atoms with Gasteiger partial charge in [-0.15, -0.1) is 0 Å². The second-order valence-corrected chi connectivity index (χ2v) is 6.34. The Bertz CT molecular complexity index is 899. The molecular formula is C22H22N2O3. The summed E-state index contributed by atoms with van der Waals surface area (Å²) >= 11 is 0. The van der Waals surface area contributed by atoms with E-state index in [-0.39, 0.29) is 18.8 Å². The summed E-state index contributed by atoms with van der Waals surface area (Å²) in [6.07, 6.45) is 5.54. The van der Waals surface area contributed by atoms with Crippen molar-refractivity contribution in [2.75, 3.05) is 6.61 Å². The van der Waals surface area contributed by atoms with Gasteiger partial charge < -0.3 is 4.74 Å². The summed E-state index contributed by atoms with van der Waals surface area (Å²) < 4.78 is 6.83. The molecule has 0 unspecified atom stereocenters. The summed E-state index contributed by atoms with van der Waals surface area (Å²) in [5.41, 5.74) is 3.40. The largest absolute Gasteiger partial charge is 0.457 e. The van der Waals surface area contributed by atoms with Gasteiger partial charge in [-0.2, -0.15) is 5.10 Å². The lowest BCUT2D eigenvalue weighted by Crippen LogP contribution is -2.15. The van der Waals surface area contributed by atoms with Gasteiger partial charge in [0.1, 0.15) is 0 Å². The molecule has 27 heavy (non-hydrogen) atoms. The van der Waals surface area contributed by atoms with Crippen molar-refractivity contribution < 1.29 is 14.3 Å². The molecule has 5 nitrogen and oxygen atoms in total. The molecule has 0 spiro atoms. The van der Waals surface area contributed by atoms with Crippen LogP contribution in [0, 0.1) is 0 Å². The van der Waals surface area contributed by atoms with Crippen LogP contribution in [0.5, 0.6) is 0 Å². The van der Waals surface area contributed by atoms with E-state index in [0.29, 0.717) is 5.56 Å². The van der Waals surface area contributed by atoms with Crippen LogP contribution in [0.4, 0.5) is 0 Å². The van der Waals surface area contributed by atoms with Crippen molar-refractivity contribution in [3.63, 3.8) is 0 Å². The Hall–Kier alpha value is -3.21. The minimum Gasteiger partial charge on any atom is -0.457 e. The van der Waals surface area contributed by atoms with Gasteiger partial charge in [0.2, 0.25) is 0 Å². The highest BCUT2D eigenvalue weighted by Gasteiger charge is 2.12. The Kier molecular flexibility index (Phi) is 6.15. The molecule has 0 saturated carbocycles. The van der Waals surface area contributed by atoms with Gasteiger partial charge in [0.15, 0.2) is 12.4 Å². The number of benzene rings is 2. The second-order valence-electron chi connectivity index (χ2n) is 6.34. The first-order chi connectivity index (χ1) is 13.2. The van der Waals surface area contributed by atoms with Gasteiger partial charge in [-0.1, -0.05) is 55.8 Å². The van der Waals surface area contributed by atoms with Crippen LogP contribution in [-0.2, 0) is 22.4 Å². The third kappa shape index (κ3) is 5.14. The molecule has 0 aliphatic carbocycles. The molecule has 5 heteroatoms. The third-order valence-corrected chi connectivity index (χ3v) is 4.18. The average Bonchev–Trinajstić information content (AvgIpc) is 3.16. The van der Waals surface area contributed by atoms with E-state index in [1.54, 1.807) is 29.2 Å². The lowest BCUT2D eigenvalue weighted by Gasteiger charge is -2.05. The zero-order valence-corrected chi connectivity index (χ0v) is 15.3. The first-order valence-electron chi connectivity index (χ1n) is 9.02. The normalized spacial score (nSPS) is 10.6. The van der Waals surface area contributed by atoms with Crippen molar-refractivity contribution in [2.45, 2.75) is 26.2 Å². The second kappa shape index (κ2) is 8.94. The Morgan fingerprint density at radius 1 is 1.00 bits per heavy atom. The van der Waals surface area contributed by atoms with Crippen LogP contribution >= 0.6 is 0 Å². The maximum Gasteiger partial charge on any atom is 0.310 e. The molecule has 1 aromatic heterocycles. The van der Waals surface area contributed by atoms with E-state index in [9.17, 15) is 9.59 Å². The number of ketones is 1. The topological polar surface area (TPSA) is 61.2 Å². The highest BCUT2D eigenvalue weighted by atomic mass is 16.5.